The summed E-state index contributed by atoms with van der Waals surface area (Å²) in [5.74, 6) is 0.652. The summed E-state index contributed by atoms with van der Waals surface area (Å²) < 4.78 is 5.16. The second-order valence-electron chi connectivity index (χ2n) is 5.43. The maximum absolute atomic E-state index is 11.4. The molecule has 0 aromatic carbocycles. The predicted octanol–water partition coefficient (Wildman–Crippen LogP) is 0.775. The number of carbonyl (C=O) groups is 1. The van der Waals surface area contributed by atoms with Crippen molar-refractivity contribution >= 4 is 5.91 Å². The Kier molecular flexibility index (Phi) is 5.22. The molecule has 1 rings (SSSR count). The van der Waals surface area contributed by atoms with Crippen LogP contribution in [0.15, 0.2) is 0 Å². The van der Waals surface area contributed by atoms with Crippen molar-refractivity contribution in [3.63, 3.8) is 0 Å². The number of hydrogen-bond donors (Lipinski definition) is 2. The summed E-state index contributed by atoms with van der Waals surface area (Å²) in [5.41, 5.74) is 0.286. The van der Waals surface area contributed by atoms with Crippen LogP contribution in [-0.2, 0) is 9.53 Å². The van der Waals surface area contributed by atoms with Crippen LogP contribution < -0.4 is 10.6 Å². The highest BCUT2D eigenvalue weighted by molar-refractivity contribution is 5.76. The Labute approximate surface area is 98.1 Å². The van der Waals surface area contributed by atoms with Gasteiger partial charge in [0, 0.05) is 31.5 Å². The third kappa shape index (κ3) is 4.94. The first-order chi connectivity index (χ1) is 7.52. The smallest absolute Gasteiger partial charge is 0.221 e. The van der Waals surface area contributed by atoms with Crippen LogP contribution in [0.3, 0.4) is 0 Å². The van der Waals surface area contributed by atoms with E-state index in [9.17, 15) is 4.79 Å². The summed E-state index contributed by atoms with van der Waals surface area (Å²) in [4.78, 5) is 11.4. The quantitative estimate of drug-likeness (QED) is 0.633. The van der Waals surface area contributed by atoms with Crippen LogP contribution in [0.5, 0.6) is 0 Å². The monoisotopic (exact) mass is 228 g/mol. The molecule has 2 N–H and O–H groups in total. The number of rotatable bonds is 7. The topological polar surface area (TPSA) is 50.4 Å². The van der Waals surface area contributed by atoms with Gasteiger partial charge in [-0.3, -0.25) is 4.79 Å². The zero-order valence-electron chi connectivity index (χ0n) is 10.6. The van der Waals surface area contributed by atoms with E-state index < -0.39 is 0 Å². The lowest BCUT2D eigenvalue weighted by molar-refractivity contribution is -0.121. The normalized spacial score (nSPS) is 18.2. The molecule has 0 saturated carbocycles. The van der Waals surface area contributed by atoms with Crippen molar-refractivity contribution in [3.8, 4) is 0 Å². The van der Waals surface area contributed by atoms with Gasteiger partial charge in [0.25, 0.3) is 0 Å². The lowest BCUT2D eigenvalue weighted by Crippen LogP contribution is -2.47. The first kappa shape index (κ1) is 13.5. The standard InChI is InChI=1S/C12H24N2O2/c1-10(2)6-14-11(15)4-5-13-7-12(3)8-16-9-12/h10,13H,4-9H2,1-3H3,(H,14,15). The Balaban J connectivity index is 1.96. The molecule has 16 heavy (non-hydrogen) atoms. The van der Waals surface area contributed by atoms with Crippen molar-refractivity contribution in [2.75, 3.05) is 32.8 Å². The first-order valence-corrected chi connectivity index (χ1v) is 6.07. The lowest BCUT2D eigenvalue weighted by Gasteiger charge is -2.38. The molecule has 0 atom stereocenters. The van der Waals surface area contributed by atoms with Gasteiger partial charge in [0.05, 0.1) is 13.2 Å². The summed E-state index contributed by atoms with van der Waals surface area (Å²) >= 11 is 0. The van der Waals surface area contributed by atoms with Gasteiger partial charge in [0.2, 0.25) is 5.91 Å². The molecule has 1 amide bonds. The molecule has 0 aromatic heterocycles. The number of hydrogen-bond acceptors (Lipinski definition) is 3. The van der Waals surface area contributed by atoms with Crippen molar-refractivity contribution in [2.24, 2.45) is 11.3 Å². The molecule has 1 saturated heterocycles. The average Bonchev–Trinajstić information content (AvgIpc) is 2.19. The van der Waals surface area contributed by atoms with E-state index in [0.717, 1.165) is 32.8 Å². The zero-order valence-corrected chi connectivity index (χ0v) is 10.6. The van der Waals surface area contributed by atoms with Gasteiger partial charge in [-0.2, -0.15) is 0 Å². The predicted molar refractivity (Wildman–Crippen MR) is 64.3 cm³/mol. The fourth-order valence-electron chi connectivity index (χ4n) is 1.55. The van der Waals surface area contributed by atoms with Gasteiger partial charge >= 0.3 is 0 Å². The van der Waals surface area contributed by atoms with Gasteiger partial charge in [-0.05, 0) is 5.92 Å². The molecule has 1 aliphatic rings. The molecule has 0 radical (unpaired) electrons. The van der Waals surface area contributed by atoms with Crippen LogP contribution in [0.2, 0.25) is 0 Å². The number of nitrogens with one attached hydrogen (secondary N) is 2. The SMILES string of the molecule is CC(C)CNC(=O)CCNCC1(C)COC1. The molecule has 0 aliphatic carbocycles. The highest BCUT2D eigenvalue weighted by atomic mass is 16.5. The van der Waals surface area contributed by atoms with Crippen molar-refractivity contribution in [2.45, 2.75) is 27.2 Å². The average molecular weight is 228 g/mol. The first-order valence-electron chi connectivity index (χ1n) is 6.07. The molecule has 0 aromatic rings. The van der Waals surface area contributed by atoms with Crippen molar-refractivity contribution in [1.82, 2.24) is 10.6 Å². The molecule has 4 heteroatoms. The minimum Gasteiger partial charge on any atom is -0.380 e. The fraction of sp³-hybridized carbons (Fsp3) is 0.917. The Morgan fingerprint density at radius 2 is 2.12 bits per heavy atom. The molecule has 0 spiro atoms. The summed E-state index contributed by atoms with van der Waals surface area (Å²) in [5, 5.41) is 6.21. The summed E-state index contributed by atoms with van der Waals surface area (Å²) in [6.45, 7) is 10.5. The number of amides is 1. The van der Waals surface area contributed by atoms with E-state index in [2.05, 4.69) is 31.4 Å². The van der Waals surface area contributed by atoms with Crippen LogP contribution in [0, 0.1) is 11.3 Å². The van der Waals surface area contributed by atoms with Crippen LogP contribution in [0.25, 0.3) is 0 Å². The third-order valence-corrected chi connectivity index (χ3v) is 2.69. The molecule has 0 bridgehead atoms. The molecule has 1 fully saturated rings. The van der Waals surface area contributed by atoms with E-state index in [1.807, 2.05) is 0 Å². The van der Waals surface area contributed by atoms with Gasteiger partial charge in [-0.15, -0.1) is 0 Å². The maximum Gasteiger partial charge on any atom is 0.221 e. The number of ether oxygens (including phenoxy) is 1. The highest BCUT2D eigenvalue weighted by Crippen LogP contribution is 2.24. The van der Waals surface area contributed by atoms with Gasteiger partial charge in [0.15, 0.2) is 0 Å². The third-order valence-electron chi connectivity index (χ3n) is 2.69. The van der Waals surface area contributed by atoms with Crippen molar-refractivity contribution in [3.05, 3.63) is 0 Å². The lowest BCUT2D eigenvalue weighted by atomic mass is 9.89. The Morgan fingerprint density at radius 1 is 1.44 bits per heavy atom. The van der Waals surface area contributed by atoms with Crippen molar-refractivity contribution in [1.29, 1.82) is 0 Å². The highest BCUT2D eigenvalue weighted by Gasteiger charge is 2.32. The molecule has 0 unspecified atom stereocenters. The van der Waals surface area contributed by atoms with E-state index >= 15 is 0 Å². The van der Waals surface area contributed by atoms with E-state index in [1.165, 1.54) is 0 Å². The van der Waals surface area contributed by atoms with Crippen LogP contribution in [-0.4, -0.2) is 38.8 Å². The second kappa shape index (κ2) is 6.21. The van der Waals surface area contributed by atoms with Crippen molar-refractivity contribution < 1.29 is 9.53 Å². The Bertz CT molecular complexity index is 225. The van der Waals surface area contributed by atoms with Gasteiger partial charge < -0.3 is 15.4 Å². The summed E-state index contributed by atoms with van der Waals surface area (Å²) in [6, 6.07) is 0. The largest absolute Gasteiger partial charge is 0.380 e. The van der Waals surface area contributed by atoms with E-state index in [0.29, 0.717) is 12.3 Å². The second-order valence-corrected chi connectivity index (χ2v) is 5.43. The molecule has 1 heterocycles. The Morgan fingerprint density at radius 3 is 2.62 bits per heavy atom. The van der Waals surface area contributed by atoms with Crippen LogP contribution in [0.4, 0.5) is 0 Å². The van der Waals surface area contributed by atoms with Gasteiger partial charge in [0.1, 0.15) is 0 Å². The zero-order chi connectivity index (χ0) is 12.0. The molecular weight excluding hydrogens is 204 g/mol. The van der Waals surface area contributed by atoms with Gasteiger partial charge in [-0.1, -0.05) is 20.8 Å². The minimum atomic E-state index is 0.135. The molecule has 1 aliphatic heterocycles. The van der Waals surface area contributed by atoms with Crippen LogP contribution >= 0.6 is 0 Å². The summed E-state index contributed by atoms with van der Waals surface area (Å²) in [6.07, 6.45) is 0.559. The molecular formula is C12H24N2O2. The Hall–Kier alpha value is -0.610. The van der Waals surface area contributed by atoms with E-state index in [1.54, 1.807) is 0 Å². The van der Waals surface area contributed by atoms with E-state index in [4.69, 9.17) is 4.74 Å². The molecule has 4 nitrogen and oxygen atoms in total. The minimum absolute atomic E-state index is 0.135. The van der Waals surface area contributed by atoms with Crippen LogP contribution in [0.1, 0.15) is 27.2 Å². The van der Waals surface area contributed by atoms with Gasteiger partial charge in [-0.25, -0.2) is 0 Å². The number of carbonyl (C=O) groups excluding carboxylic acids is 1. The summed E-state index contributed by atoms with van der Waals surface area (Å²) in [7, 11) is 0. The fourth-order valence-corrected chi connectivity index (χ4v) is 1.55. The maximum atomic E-state index is 11.4. The van der Waals surface area contributed by atoms with E-state index in [-0.39, 0.29) is 11.3 Å². The molecule has 94 valence electrons.